The van der Waals surface area contributed by atoms with Gasteiger partial charge < -0.3 is 0 Å². The number of carbonyl (C=O) groups is 1. The van der Waals surface area contributed by atoms with Gasteiger partial charge in [0.2, 0.25) is 0 Å². The van der Waals surface area contributed by atoms with Crippen LogP contribution in [0.25, 0.3) is 0 Å². The lowest BCUT2D eigenvalue weighted by Crippen LogP contribution is -2.28. The van der Waals surface area contributed by atoms with Crippen LogP contribution in [0, 0.1) is 16.7 Å². The van der Waals surface area contributed by atoms with Crippen molar-refractivity contribution in [2.24, 2.45) is 10.5 Å². The van der Waals surface area contributed by atoms with E-state index in [1.807, 2.05) is 51.1 Å². The summed E-state index contributed by atoms with van der Waals surface area (Å²) in [6.45, 7) is 5.83. The second-order valence-corrected chi connectivity index (χ2v) is 6.87. The zero-order valence-corrected chi connectivity index (χ0v) is 13.5. The summed E-state index contributed by atoms with van der Waals surface area (Å²) in [5.74, 6) is -0.129. The Kier molecular flexibility index (Phi) is 6.97. The van der Waals surface area contributed by atoms with Crippen molar-refractivity contribution in [1.29, 1.82) is 5.26 Å². The Morgan fingerprint density at radius 3 is 2.76 bits per heavy atom. The fourth-order valence-corrected chi connectivity index (χ4v) is 2.44. The fourth-order valence-electron chi connectivity index (χ4n) is 1.56. The van der Waals surface area contributed by atoms with Gasteiger partial charge in [0.1, 0.15) is 0 Å². The number of rotatable bonds is 7. The first-order valence-electron chi connectivity index (χ1n) is 6.87. The molecule has 1 rings (SSSR count). The molecule has 112 valence electrons. The van der Waals surface area contributed by atoms with Crippen LogP contribution in [0.5, 0.6) is 0 Å². The molecule has 1 atom stereocenters. The van der Waals surface area contributed by atoms with Crippen molar-refractivity contribution in [1.82, 2.24) is 5.43 Å². The van der Waals surface area contributed by atoms with Crippen molar-refractivity contribution in [2.45, 2.75) is 43.8 Å². The smallest absolute Gasteiger partial charge is 0.253 e. The standard InChI is InChI=1S/C16H21N3OS/c1-13(21-14-8-5-4-6-9-14)15(20)19-18-12-16(2,3)10-7-11-17/h4-6,8-9,12-13H,7,10H2,1-3H3,(H,19,20)/b18-12-/t13-/m1/s1. The molecular formula is C16H21N3OS. The average molecular weight is 303 g/mol. The van der Waals surface area contributed by atoms with E-state index >= 15 is 0 Å². The molecule has 0 heterocycles. The van der Waals surface area contributed by atoms with E-state index in [-0.39, 0.29) is 16.6 Å². The quantitative estimate of drug-likeness (QED) is 0.475. The highest BCUT2D eigenvalue weighted by atomic mass is 32.2. The number of hydrazone groups is 1. The molecule has 0 aliphatic rings. The van der Waals surface area contributed by atoms with Gasteiger partial charge >= 0.3 is 0 Å². The molecule has 0 aromatic heterocycles. The van der Waals surface area contributed by atoms with Gasteiger partial charge in [-0.25, -0.2) is 5.43 Å². The monoisotopic (exact) mass is 303 g/mol. The lowest BCUT2D eigenvalue weighted by Gasteiger charge is -2.17. The number of nitrogens with one attached hydrogen (secondary N) is 1. The number of thioether (sulfide) groups is 1. The van der Waals surface area contributed by atoms with Gasteiger partial charge in [0.15, 0.2) is 0 Å². The van der Waals surface area contributed by atoms with Crippen LogP contribution in [0.4, 0.5) is 0 Å². The molecule has 0 unspecified atom stereocenters. The number of amides is 1. The van der Waals surface area contributed by atoms with Crippen LogP contribution in [0.1, 0.15) is 33.6 Å². The van der Waals surface area contributed by atoms with Crippen molar-refractivity contribution < 1.29 is 4.79 Å². The largest absolute Gasteiger partial charge is 0.272 e. The number of nitriles is 1. The van der Waals surface area contributed by atoms with Crippen molar-refractivity contribution in [3.8, 4) is 6.07 Å². The molecule has 0 radical (unpaired) electrons. The lowest BCUT2D eigenvalue weighted by molar-refractivity contribution is -0.120. The number of hydrogen-bond donors (Lipinski definition) is 1. The first-order chi connectivity index (χ1) is 9.94. The van der Waals surface area contributed by atoms with Crippen LogP contribution >= 0.6 is 11.8 Å². The molecular weight excluding hydrogens is 282 g/mol. The van der Waals surface area contributed by atoms with Crippen LogP contribution in [-0.2, 0) is 4.79 Å². The molecule has 1 N–H and O–H groups in total. The van der Waals surface area contributed by atoms with E-state index in [2.05, 4.69) is 16.6 Å². The number of nitrogens with zero attached hydrogens (tertiary/aromatic N) is 2. The lowest BCUT2D eigenvalue weighted by atomic mass is 9.90. The zero-order valence-electron chi connectivity index (χ0n) is 12.7. The Bertz CT molecular complexity index is 520. The van der Waals surface area contributed by atoms with Crippen LogP contribution in [-0.4, -0.2) is 17.4 Å². The Morgan fingerprint density at radius 1 is 1.48 bits per heavy atom. The van der Waals surface area contributed by atoms with Gasteiger partial charge in [-0.05, 0) is 25.5 Å². The van der Waals surface area contributed by atoms with Crippen LogP contribution in [0.3, 0.4) is 0 Å². The molecule has 1 aromatic carbocycles. The summed E-state index contributed by atoms with van der Waals surface area (Å²) in [6.07, 6.45) is 2.90. The van der Waals surface area contributed by atoms with Crippen LogP contribution in [0.15, 0.2) is 40.3 Å². The highest BCUT2D eigenvalue weighted by Crippen LogP contribution is 2.22. The molecule has 0 aliphatic heterocycles. The average Bonchev–Trinajstić information content (AvgIpc) is 2.46. The SMILES string of the molecule is C[C@@H](Sc1ccccc1)C(=O)N/N=C\C(C)(C)CCC#N. The second kappa shape index (κ2) is 8.48. The Morgan fingerprint density at radius 2 is 2.14 bits per heavy atom. The molecule has 0 fully saturated rings. The first-order valence-corrected chi connectivity index (χ1v) is 7.75. The van der Waals surface area contributed by atoms with Crippen LogP contribution < -0.4 is 5.43 Å². The van der Waals surface area contributed by atoms with Gasteiger partial charge in [0, 0.05) is 22.9 Å². The summed E-state index contributed by atoms with van der Waals surface area (Å²) in [6, 6.07) is 11.9. The molecule has 5 heteroatoms. The number of hydrogen-bond acceptors (Lipinski definition) is 4. The minimum Gasteiger partial charge on any atom is -0.272 e. The minimum absolute atomic E-state index is 0.129. The van der Waals surface area contributed by atoms with Gasteiger partial charge in [0.05, 0.1) is 11.3 Å². The maximum atomic E-state index is 11.9. The Hall–Kier alpha value is -1.80. The predicted molar refractivity (Wildman–Crippen MR) is 87.0 cm³/mol. The van der Waals surface area contributed by atoms with Gasteiger partial charge in [-0.2, -0.15) is 10.4 Å². The van der Waals surface area contributed by atoms with Gasteiger partial charge in [0.25, 0.3) is 5.91 Å². The summed E-state index contributed by atoms with van der Waals surface area (Å²) in [4.78, 5) is 13.0. The summed E-state index contributed by atoms with van der Waals surface area (Å²) in [7, 11) is 0. The van der Waals surface area contributed by atoms with E-state index in [4.69, 9.17) is 5.26 Å². The third kappa shape index (κ3) is 6.96. The van der Waals surface area contributed by atoms with E-state index in [1.165, 1.54) is 11.8 Å². The molecule has 4 nitrogen and oxygen atoms in total. The molecule has 1 amide bonds. The maximum Gasteiger partial charge on any atom is 0.253 e. The van der Waals surface area contributed by atoms with E-state index in [0.717, 1.165) is 11.3 Å². The molecule has 1 aromatic rings. The number of benzene rings is 1. The van der Waals surface area contributed by atoms with E-state index in [0.29, 0.717) is 6.42 Å². The highest BCUT2D eigenvalue weighted by molar-refractivity contribution is 8.00. The summed E-state index contributed by atoms with van der Waals surface area (Å²) in [5, 5.41) is 12.4. The van der Waals surface area contributed by atoms with Gasteiger partial charge in [-0.1, -0.05) is 32.0 Å². The van der Waals surface area contributed by atoms with Crippen molar-refractivity contribution >= 4 is 23.9 Å². The molecule has 21 heavy (non-hydrogen) atoms. The molecule has 0 saturated heterocycles. The van der Waals surface area contributed by atoms with Gasteiger partial charge in [-0.15, -0.1) is 11.8 Å². The van der Waals surface area contributed by atoms with Crippen molar-refractivity contribution in [2.75, 3.05) is 0 Å². The Labute approximate surface area is 130 Å². The topological polar surface area (TPSA) is 65.2 Å². The normalized spacial score (nSPS) is 12.9. The predicted octanol–water partition coefficient (Wildman–Crippen LogP) is 3.60. The Balaban J connectivity index is 2.44. The van der Waals surface area contributed by atoms with E-state index in [9.17, 15) is 4.79 Å². The fraction of sp³-hybridized carbons (Fsp3) is 0.438. The summed E-state index contributed by atoms with van der Waals surface area (Å²) >= 11 is 1.49. The highest BCUT2D eigenvalue weighted by Gasteiger charge is 2.16. The van der Waals surface area contributed by atoms with Gasteiger partial charge in [-0.3, -0.25) is 4.79 Å². The minimum atomic E-state index is -0.216. The molecule has 0 aliphatic carbocycles. The third-order valence-electron chi connectivity index (χ3n) is 2.90. The molecule has 0 saturated carbocycles. The van der Waals surface area contributed by atoms with Crippen molar-refractivity contribution in [3.63, 3.8) is 0 Å². The maximum absolute atomic E-state index is 11.9. The summed E-state index contributed by atoms with van der Waals surface area (Å²) < 4.78 is 0. The molecule has 0 spiro atoms. The van der Waals surface area contributed by atoms with Crippen molar-refractivity contribution in [3.05, 3.63) is 30.3 Å². The first kappa shape index (κ1) is 17.3. The zero-order chi connectivity index (χ0) is 15.7. The van der Waals surface area contributed by atoms with Crippen LogP contribution in [0.2, 0.25) is 0 Å². The van der Waals surface area contributed by atoms with E-state index in [1.54, 1.807) is 6.21 Å². The van der Waals surface area contributed by atoms with E-state index < -0.39 is 0 Å². The second-order valence-electron chi connectivity index (χ2n) is 5.45. The number of carbonyl (C=O) groups excluding carboxylic acids is 1. The third-order valence-corrected chi connectivity index (χ3v) is 4.01. The summed E-state index contributed by atoms with van der Waals surface area (Å²) in [5.41, 5.74) is 2.37. The molecule has 0 bridgehead atoms.